The first kappa shape index (κ1) is 15.9. The van der Waals surface area contributed by atoms with Gasteiger partial charge in [0.1, 0.15) is 10.4 Å². The van der Waals surface area contributed by atoms with Crippen molar-refractivity contribution in [3.05, 3.63) is 23.5 Å². The SMILES string of the molecule is CCCNCc1cc(S(=O)(=O)Nc2nncs2)cn1CC. The zero-order valence-corrected chi connectivity index (χ0v) is 13.7. The van der Waals surface area contributed by atoms with E-state index in [1.807, 2.05) is 11.5 Å². The van der Waals surface area contributed by atoms with Crippen molar-refractivity contribution in [1.82, 2.24) is 20.1 Å². The average Bonchev–Trinajstić information content (AvgIpc) is 3.08. The standard InChI is InChI=1S/C12H19N5O2S2/c1-3-5-13-7-10-6-11(8-17(10)4-2)21(18,19)16-12-15-14-9-20-12/h6,8-9,13H,3-5,7H2,1-2H3,(H,15,16). The van der Waals surface area contributed by atoms with E-state index >= 15 is 0 Å². The highest BCUT2D eigenvalue weighted by atomic mass is 32.2. The molecule has 2 aromatic heterocycles. The number of anilines is 1. The lowest BCUT2D eigenvalue weighted by atomic mass is 10.4. The van der Waals surface area contributed by atoms with Crippen LogP contribution in [0.15, 0.2) is 22.7 Å². The van der Waals surface area contributed by atoms with Gasteiger partial charge in [-0.15, -0.1) is 10.2 Å². The molecule has 0 fully saturated rings. The second-order valence-electron chi connectivity index (χ2n) is 4.48. The molecule has 0 spiro atoms. The number of nitrogens with one attached hydrogen (secondary N) is 2. The molecule has 2 rings (SSSR count). The minimum atomic E-state index is -3.62. The van der Waals surface area contributed by atoms with Gasteiger partial charge in [0.25, 0.3) is 10.0 Å². The second kappa shape index (κ2) is 7.01. The summed E-state index contributed by atoms with van der Waals surface area (Å²) in [5, 5.41) is 10.9. The van der Waals surface area contributed by atoms with E-state index in [1.54, 1.807) is 12.3 Å². The number of hydrogen-bond donors (Lipinski definition) is 2. The van der Waals surface area contributed by atoms with E-state index in [2.05, 4.69) is 27.2 Å². The number of sulfonamides is 1. The summed E-state index contributed by atoms with van der Waals surface area (Å²) in [7, 11) is -3.62. The summed E-state index contributed by atoms with van der Waals surface area (Å²) in [6.07, 6.45) is 2.68. The molecule has 0 atom stereocenters. The topological polar surface area (TPSA) is 88.9 Å². The molecule has 0 radical (unpaired) electrons. The van der Waals surface area contributed by atoms with Gasteiger partial charge in [-0.25, -0.2) is 8.42 Å². The third-order valence-electron chi connectivity index (χ3n) is 2.93. The van der Waals surface area contributed by atoms with E-state index in [1.165, 1.54) is 5.51 Å². The normalized spacial score (nSPS) is 11.7. The zero-order valence-electron chi connectivity index (χ0n) is 12.0. The first-order chi connectivity index (χ1) is 10.1. The lowest BCUT2D eigenvalue weighted by Gasteiger charge is -2.06. The number of aromatic nitrogens is 3. The quantitative estimate of drug-likeness (QED) is 0.719. The largest absolute Gasteiger partial charge is 0.349 e. The van der Waals surface area contributed by atoms with E-state index in [4.69, 9.17) is 0 Å². The summed E-state index contributed by atoms with van der Waals surface area (Å²) in [5.74, 6) is 0. The van der Waals surface area contributed by atoms with Gasteiger partial charge in [-0.3, -0.25) is 4.72 Å². The van der Waals surface area contributed by atoms with E-state index in [-0.39, 0.29) is 10.0 Å². The number of nitrogens with zero attached hydrogens (tertiary/aromatic N) is 3. The molecular weight excluding hydrogens is 310 g/mol. The van der Waals surface area contributed by atoms with Gasteiger partial charge in [-0.1, -0.05) is 18.3 Å². The Balaban J connectivity index is 2.19. The van der Waals surface area contributed by atoms with Crippen molar-refractivity contribution in [3.63, 3.8) is 0 Å². The Morgan fingerprint density at radius 2 is 2.19 bits per heavy atom. The molecule has 2 heterocycles. The Morgan fingerprint density at radius 3 is 2.81 bits per heavy atom. The first-order valence-electron chi connectivity index (χ1n) is 6.75. The van der Waals surface area contributed by atoms with Crippen molar-refractivity contribution in [1.29, 1.82) is 0 Å². The van der Waals surface area contributed by atoms with Crippen molar-refractivity contribution in [2.75, 3.05) is 11.3 Å². The smallest absolute Gasteiger partial charge is 0.265 e. The third kappa shape index (κ3) is 4.02. The maximum atomic E-state index is 12.3. The summed E-state index contributed by atoms with van der Waals surface area (Å²) in [5.41, 5.74) is 2.43. The number of hydrogen-bond acceptors (Lipinski definition) is 6. The van der Waals surface area contributed by atoms with Crippen LogP contribution in [0.1, 0.15) is 26.0 Å². The number of rotatable bonds is 8. The predicted octanol–water partition coefficient (Wildman–Crippen LogP) is 1.66. The molecule has 0 aliphatic carbocycles. The molecule has 0 aromatic carbocycles. The molecule has 0 aliphatic rings. The van der Waals surface area contributed by atoms with Crippen LogP contribution in [0.25, 0.3) is 0 Å². The molecule has 0 saturated heterocycles. The molecule has 0 amide bonds. The van der Waals surface area contributed by atoms with Crippen molar-refractivity contribution in [2.45, 2.75) is 38.3 Å². The van der Waals surface area contributed by atoms with Gasteiger partial charge >= 0.3 is 0 Å². The molecule has 116 valence electrons. The fourth-order valence-electron chi connectivity index (χ4n) is 1.90. The lowest BCUT2D eigenvalue weighted by molar-refractivity contribution is 0.600. The minimum absolute atomic E-state index is 0.243. The molecule has 0 saturated carbocycles. The Kier molecular flexibility index (Phi) is 5.32. The summed E-state index contributed by atoms with van der Waals surface area (Å²) in [6, 6.07) is 1.69. The molecule has 7 nitrogen and oxygen atoms in total. The maximum absolute atomic E-state index is 12.3. The Labute approximate surface area is 128 Å². The van der Waals surface area contributed by atoms with Crippen LogP contribution in [0, 0.1) is 0 Å². The molecule has 9 heteroatoms. The van der Waals surface area contributed by atoms with Crippen LogP contribution in [-0.2, 0) is 23.1 Å². The maximum Gasteiger partial charge on any atom is 0.265 e. The van der Waals surface area contributed by atoms with Crippen molar-refractivity contribution >= 4 is 26.5 Å². The summed E-state index contributed by atoms with van der Waals surface area (Å²) in [4.78, 5) is 0.243. The van der Waals surface area contributed by atoms with Gasteiger partial charge in [0, 0.05) is 25.0 Å². The van der Waals surface area contributed by atoms with Crippen LogP contribution in [0.2, 0.25) is 0 Å². The summed E-state index contributed by atoms with van der Waals surface area (Å²) < 4.78 is 29.0. The lowest BCUT2D eigenvalue weighted by Crippen LogP contribution is -2.16. The monoisotopic (exact) mass is 329 g/mol. The van der Waals surface area contributed by atoms with Crippen LogP contribution in [0.4, 0.5) is 5.13 Å². The van der Waals surface area contributed by atoms with Crippen LogP contribution in [-0.4, -0.2) is 29.7 Å². The van der Waals surface area contributed by atoms with Gasteiger partial charge in [0.15, 0.2) is 0 Å². The van der Waals surface area contributed by atoms with Crippen LogP contribution < -0.4 is 10.0 Å². The molecule has 2 N–H and O–H groups in total. The molecule has 2 aromatic rings. The van der Waals surface area contributed by atoms with Gasteiger partial charge in [0.2, 0.25) is 5.13 Å². The molecule has 0 bridgehead atoms. The molecular formula is C12H19N5O2S2. The summed E-state index contributed by atoms with van der Waals surface area (Å²) in [6.45, 7) is 6.35. The average molecular weight is 329 g/mol. The van der Waals surface area contributed by atoms with E-state index in [0.29, 0.717) is 6.54 Å². The highest BCUT2D eigenvalue weighted by Gasteiger charge is 2.19. The minimum Gasteiger partial charge on any atom is -0.349 e. The van der Waals surface area contributed by atoms with E-state index < -0.39 is 10.0 Å². The Morgan fingerprint density at radius 1 is 1.38 bits per heavy atom. The first-order valence-corrected chi connectivity index (χ1v) is 9.11. The fraction of sp³-hybridized carbons (Fsp3) is 0.500. The van der Waals surface area contributed by atoms with Gasteiger partial charge < -0.3 is 9.88 Å². The Bertz CT molecular complexity index is 664. The van der Waals surface area contributed by atoms with Crippen LogP contribution in [0.3, 0.4) is 0 Å². The van der Waals surface area contributed by atoms with Gasteiger partial charge in [-0.2, -0.15) is 0 Å². The third-order valence-corrected chi connectivity index (χ3v) is 4.97. The predicted molar refractivity (Wildman–Crippen MR) is 82.8 cm³/mol. The highest BCUT2D eigenvalue weighted by Crippen LogP contribution is 2.19. The number of aryl methyl sites for hydroxylation is 1. The molecule has 0 unspecified atom stereocenters. The summed E-state index contributed by atoms with van der Waals surface area (Å²) >= 11 is 1.15. The molecule has 0 aliphatic heterocycles. The van der Waals surface area contributed by atoms with E-state index in [9.17, 15) is 8.42 Å². The fourth-order valence-corrected chi connectivity index (χ4v) is 3.66. The van der Waals surface area contributed by atoms with E-state index in [0.717, 1.165) is 36.5 Å². The second-order valence-corrected chi connectivity index (χ2v) is 6.99. The molecule has 21 heavy (non-hydrogen) atoms. The van der Waals surface area contributed by atoms with Crippen LogP contribution in [0.5, 0.6) is 0 Å². The van der Waals surface area contributed by atoms with Gasteiger partial charge in [0.05, 0.1) is 0 Å². The zero-order chi connectivity index (χ0) is 15.3. The Hall–Kier alpha value is -1.45. The van der Waals surface area contributed by atoms with Crippen molar-refractivity contribution in [3.8, 4) is 0 Å². The van der Waals surface area contributed by atoms with Crippen molar-refractivity contribution in [2.24, 2.45) is 0 Å². The van der Waals surface area contributed by atoms with Gasteiger partial charge in [-0.05, 0) is 26.0 Å². The van der Waals surface area contributed by atoms with Crippen LogP contribution >= 0.6 is 11.3 Å². The highest BCUT2D eigenvalue weighted by molar-refractivity contribution is 7.93. The van der Waals surface area contributed by atoms with Crippen molar-refractivity contribution < 1.29 is 8.42 Å².